The molecule has 0 saturated heterocycles. The SMILES string of the molecule is Cc1ccc([C@H]2C(C#N)=C(N)Oc3cc(C)n(Cc4ccccc4)c(=O)c32)cc1. The lowest BCUT2D eigenvalue weighted by Gasteiger charge is -2.27. The molecule has 4 rings (SSSR count). The number of allylic oxidation sites excluding steroid dienone is 1. The van der Waals surface area contributed by atoms with Gasteiger partial charge in [0.25, 0.3) is 5.56 Å². The maximum Gasteiger partial charge on any atom is 0.259 e. The van der Waals surface area contributed by atoms with Crippen LogP contribution in [0, 0.1) is 25.2 Å². The molecule has 0 fully saturated rings. The van der Waals surface area contributed by atoms with Gasteiger partial charge in [-0.3, -0.25) is 4.79 Å². The zero-order valence-corrected chi connectivity index (χ0v) is 16.3. The molecule has 3 aromatic rings. The van der Waals surface area contributed by atoms with Crippen LogP contribution in [0.2, 0.25) is 0 Å². The van der Waals surface area contributed by atoms with Gasteiger partial charge in [0, 0.05) is 11.8 Å². The highest BCUT2D eigenvalue weighted by atomic mass is 16.5. The molecule has 1 aliphatic heterocycles. The number of hydrogen-bond acceptors (Lipinski definition) is 4. The van der Waals surface area contributed by atoms with E-state index in [-0.39, 0.29) is 17.0 Å². The summed E-state index contributed by atoms with van der Waals surface area (Å²) in [6.07, 6.45) is 0. The molecule has 2 heterocycles. The summed E-state index contributed by atoms with van der Waals surface area (Å²) in [4.78, 5) is 13.6. The summed E-state index contributed by atoms with van der Waals surface area (Å²) in [5, 5.41) is 9.75. The zero-order chi connectivity index (χ0) is 20.5. The number of nitrogens with two attached hydrogens (primary N) is 1. The molecule has 2 aromatic carbocycles. The van der Waals surface area contributed by atoms with E-state index in [1.165, 1.54) is 0 Å². The van der Waals surface area contributed by atoms with Crippen molar-refractivity contribution in [1.82, 2.24) is 4.57 Å². The second kappa shape index (κ2) is 7.33. The van der Waals surface area contributed by atoms with Gasteiger partial charge >= 0.3 is 0 Å². The molecule has 5 nitrogen and oxygen atoms in total. The highest BCUT2D eigenvalue weighted by Gasteiger charge is 2.34. The summed E-state index contributed by atoms with van der Waals surface area (Å²) in [5.74, 6) is -0.0939. The van der Waals surface area contributed by atoms with Crippen LogP contribution in [0.5, 0.6) is 5.75 Å². The summed E-state index contributed by atoms with van der Waals surface area (Å²) >= 11 is 0. The zero-order valence-electron chi connectivity index (χ0n) is 16.3. The third kappa shape index (κ3) is 3.30. The van der Waals surface area contributed by atoms with Crippen molar-refractivity contribution < 1.29 is 4.74 Å². The van der Waals surface area contributed by atoms with Crippen molar-refractivity contribution in [3.63, 3.8) is 0 Å². The number of hydrogen-bond donors (Lipinski definition) is 1. The molecule has 5 heteroatoms. The van der Waals surface area contributed by atoms with Gasteiger partial charge in [-0.1, -0.05) is 60.2 Å². The number of ether oxygens (including phenoxy) is 1. The molecular formula is C24H21N3O2. The number of fused-ring (bicyclic) bond motifs is 1. The average molecular weight is 383 g/mol. The number of nitriles is 1. The van der Waals surface area contributed by atoms with Gasteiger partial charge in [-0.25, -0.2) is 0 Å². The van der Waals surface area contributed by atoms with E-state index in [1.807, 2.05) is 74.5 Å². The maximum atomic E-state index is 13.6. The second-order valence-corrected chi connectivity index (χ2v) is 7.28. The molecule has 0 amide bonds. The van der Waals surface area contributed by atoms with Gasteiger partial charge in [0.1, 0.15) is 17.4 Å². The third-order valence-electron chi connectivity index (χ3n) is 5.28. The van der Waals surface area contributed by atoms with Gasteiger partial charge < -0.3 is 15.0 Å². The van der Waals surface area contributed by atoms with E-state index in [4.69, 9.17) is 10.5 Å². The molecule has 0 unspecified atom stereocenters. The molecule has 1 aromatic heterocycles. The first-order valence-corrected chi connectivity index (χ1v) is 9.42. The molecule has 144 valence electrons. The lowest BCUT2D eigenvalue weighted by atomic mass is 9.83. The van der Waals surface area contributed by atoms with Crippen molar-refractivity contribution >= 4 is 0 Å². The van der Waals surface area contributed by atoms with Crippen molar-refractivity contribution in [2.45, 2.75) is 26.3 Å². The summed E-state index contributed by atoms with van der Waals surface area (Å²) in [6.45, 7) is 4.31. The normalized spacial score (nSPS) is 15.4. The molecule has 0 radical (unpaired) electrons. The molecule has 1 atom stereocenters. The Kier molecular flexibility index (Phi) is 4.69. The van der Waals surface area contributed by atoms with Crippen LogP contribution >= 0.6 is 0 Å². The predicted octanol–water partition coefficient (Wildman–Crippen LogP) is 3.73. The molecule has 0 bridgehead atoms. The second-order valence-electron chi connectivity index (χ2n) is 7.28. The first-order chi connectivity index (χ1) is 14.0. The summed E-state index contributed by atoms with van der Waals surface area (Å²) in [7, 11) is 0. The number of aromatic nitrogens is 1. The Labute approximate surface area is 169 Å². The maximum absolute atomic E-state index is 13.6. The minimum absolute atomic E-state index is 0.0465. The lowest BCUT2D eigenvalue weighted by molar-refractivity contribution is 0.389. The van der Waals surface area contributed by atoms with Crippen LogP contribution < -0.4 is 16.0 Å². The van der Waals surface area contributed by atoms with Gasteiger partial charge in [0.15, 0.2) is 0 Å². The number of rotatable bonds is 3. The summed E-state index contributed by atoms with van der Waals surface area (Å²) in [6, 6.07) is 21.6. The topological polar surface area (TPSA) is 81.0 Å². The van der Waals surface area contributed by atoms with Crippen molar-refractivity contribution in [2.24, 2.45) is 5.73 Å². The highest BCUT2D eigenvalue weighted by Crippen LogP contribution is 2.40. The largest absolute Gasteiger partial charge is 0.440 e. The first kappa shape index (κ1) is 18.6. The van der Waals surface area contributed by atoms with E-state index in [2.05, 4.69) is 6.07 Å². The van der Waals surface area contributed by atoms with Crippen LogP contribution in [0.1, 0.15) is 33.9 Å². The fourth-order valence-electron chi connectivity index (χ4n) is 3.74. The van der Waals surface area contributed by atoms with Gasteiger partial charge in [-0.15, -0.1) is 0 Å². The Morgan fingerprint density at radius 3 is 2.45 bits per heavy atom. The van der Waals surface area contributed by atoms with Crippen LogP contribution in [0.4, 0.5) is 0 Å². The Hall–Kier alpha value is -3.78. The van der Waals surface area contributed by atoms with Crippen molar-refractivity contribution in [3.05, 3.63) is 110 Å². The van der Waals surface area contributed by atoms with E-state index >= 15 is 0 Å². The fourth-order valence-corrected chi connectivity index (χ4v) is 3.74. The molecular weight excluding hydrogens is 362 g/mol. The van der Waals surface area contributed by atoms with Crippen LogP contribution in [0.25, 0.3) is 0 Å². The fraction of sp³-hybridized carbons (Fsp3) is 0.167. The smallest absolute Gasteiger partial charge is 0.259 e. The van der Waals surface area contributed by atoms with Crippen molar-refractivity contribution in [1.29, 1.82) is 5.26 Å². The average Bonchev–Trinajstić information content (AvgIpc) is 2.71. The van der Waals surface area contributed by atoms with Crippen LogP contribution in [-0.4, -0.2) is 4.57 Å². The monoisotopic (exact) mass is 383 g/mol. The van der Waals surface area contributed by atoms with Crippen LogP contribution in [0.15, 0.2) is 76.9 Å². The Morgan fingerprint density at radius 2 is 1.79 bits per heavy atom. The number of benzene rings is 2. The molecule has 0 saturated carbocycles. The minimum Gasteiger partial charge on any atom is -0.440 e. The Balaban J connectivity index is 1.92. The van der Waals surface area contributed by atoms with Crippen LogP contribution in [0.3, 0.4) is 0 Å². The molecule has 29 heavy (non-hydrogen) atoms. The molecule has 1 aliphatic rings. The molecule has 2 N–H and O–H groups in total. The Bertz CT molecular complexity index is 1200. The number of aryl methyl sites for hydroxylation is 2. The van der Waals surface area contributed by atoms with Gasteiger partial charge in [0.2, 0.25) is 5.88 Å². The third-order valence-corrected chi connectivity index (χ3v) is 5.28. The first-order valence-electron chi connectivity index (χ1n) is 9.42. The number of pyridine rings is 1. The summed E-state index contributed by atoms with van der Waals surface area (Å²) in [5.41, 5.74) is 10.3. The van der Waals surface area contributed by atoms with Crippen molar-refractivity contribution in [3.8, 4) is 11.8 Å². The van der Waals surface area contributed by atoms with Crippen molar-refractivity contribution in [2.75, 3.05) is 0 Å². The molecule has 0 spiro atoms. The number of nitrogens with zero attached hydrogens (tertiary/aromatic N) is 2. The Morgan fingerprint density at radius 1 is 1.10 bits per heavy atom. The van der Waals surface area contributed by atoms with Gasteiger partial charge in [0.05, 0.1) is 18.0 Å². The molecule has 0 aliphatic carbocycles. The quantitative estimate of drug-likeness (QED) is 0.747. The van der Waals surface area contributed by atoms with E-state index in [9.17, 15) is 10.1 Å². The standard InChI is InChI=1S/C24H21N3O2/c1-15-8-10-18(11-9-15)21-19(13-25)23(26)29-20-12-16(2)27(24(28)22(20)21)14-17-6-4-3-5-7-17/h3-12,21H,14,26H2,1-2H3/t21-/m0/s1. The van der Waals surface area contributed by atoms with E-state index < -0.39 is 5.92 Å². The lowest BCUT2D eigenvalue weighted by Crippen LogP contribution is -2.33. The minimum atomic E-state index is -0.556. The predicted molar refractivity (Wildman–Crippen MR) is 111 cm³/mol. The highest BCUT2D eigenvalue weighted by molar-refractivity contribution is 5.55. The van der Waals surface area contributed by atoms with E-state index in [1.54, 1.807) is 4.57 Å². The van der Waals surface area contributed by atoms with Gasteiger partial charge in [-0.05, 0) is 25.0 Å². The van der Waals surface area contributed by atoms with Gasteiger partial charge in [-0.2, -0.15) is 5.26 Å². The van der Waals surface area contributed by atoms with E-state index in [0.717, 1.165) is 22.4 Å². The summed E-state index contributed by atoms with van der Waals surface area (Å²) < 4.78 is 7.42. The van der Waals surface area contributed by atoms with Crippen LogP contribution in [-0.2, 0) is 6.54 Å². The van der Waals surface area contributed by atoms with E-state index in [0.29, 0.717) is 17.9 Å².